The number of hydrogen-bond acceptors (Lipinski definition) is 1. The van der Waals surface area contributed by atoms with Gasteiger partial charge in [-0.15, -0.1) is 0 Å². The van der Waals surface area contributed by atoms with Crippen molar-refractivity contribution in [3.8, 4) is 0 Å². The Morgan fingerprint density at radius 3 is 2.07 bits per heavy atom. The molecule has 1 heteroatoms. The van der Waals surface area contributed by atoms with Gasteiger partial charge in [-0.1, -0.05) is 45.9 Å². The van der Waals surface area contributed by atoms with E-state index >= 15 is 0 Å². The van der Waals surface area contributed by atoms with Crippen molar-refractivity contribution in [3.05, 3.63) is 23.8 Å². The summed E-state index contributed by atoms with van der Waals surface area (Å²) in [5, 5.41) is 0. The molecule has 0 atom stereocenters. The number of likely N-dealkylation sites (N-methyl/N-ethyl adjacent to an activating group) is 1. The maximum absolute atomic E-state index is 2.36. The van der Waals surface area contributed by atoms with Gasteiger partial charge in [-0.25, -0.2) is 0 Å². The van der Waals surface area contributed by atoms with Gasteiger partial charge in [0.15, 0.2) is 0 Å². The normalized spacial score (nSPS) is 12.2. The average Bonchev–Trinajstić information content (AvgIpc) is 2.19. The van der Waals surface area contributed by atoms with Gasteiger partial charge in [-0.05, 0) is 32.4 Å². The van der Waals surface area contributed by atoms with Crippen molar-refractivity contribution in [1.29, 1.82) is 0 Å². The molecule has 0 bridgehead atoms. The summed E-state index contributed by atoms with van der Waals surface area (Å²) >= 11 is 0. The zero-order chi connectivity index (χ0) is 12.3. The van der Waals surface area contributed by atoms with E-state index in [1.165, 1.54) is 5.57 Å². The van der Waals surface area contributed by atoms with Crippen LogP contribution < -0.4 is 0 Å². The number of nitrogens with zero attached hydrogens (tertiary/aromatic N) is 1. The molecule has 0 heterocycles. The highest BCUT2D eigenvalue weighted by atomic mass is 15.1. The molecule has 0 spiro atoms. The summed E-state index contributed by atoms with van der Waals surface area (Å²) < 4.78 is 0. The third kappa shape index (κ3) is 11.4. The molecule has 0 unspecified atom stereocenters. The van der Waals surface area contributed by atoms with E-state index < -0.39 is 0 Å². The van der Waals surface area contributed by atoms with Crippen LogP contribution in [0.3, 0.4) is 0 Å². The lowest BCUT2D eigenvalue weighted by atomic mass is 10.2. The number of allylic oxidation sites excluding steroid dienone is 2. The summed E-state index contributed by atoms with van der Waals surface area (Å²) in [6.45, 7) is 14.9. The molecule has 0 N–H and O–H groups in total. The Balaban J connectivity index is 0. The van der Waals surface area contributed by atoms with Crippen molar-refractivity contribution < 1.29 is 0 Å². The Kier molecular flexibility index (Phi) is 12.9. The largest absolute Gasteiger partial charge is 0.302 e. The molecule has 0 aliphatic carbocycles. The van der Waals surface area contributed by atoms with Crippen LogP contribution in [-0.4, -0.2) is 25.0 Å². The lowest BCUT2D eigenvalue weighted by Gasteiger charge is -2.19. The highest BCUT2D eigenvalue weighted by Gasteiger charge is 2.01. The molecule has 0 amide bonds. The Morgan fingerprint density at radius 2 is 1.73 bits per heavy atom. The van der Waals surface area contributed by atoms with Crippen LogP contribution in [0.15, 0.2) is 23.8 Å². The minimum atomic E-state index is 0.744. The average molecular weight is 211 g/mol. The van der Waals surface area contributed by atoms with E-state index in [4.69, 9.17) is 0 Å². The summed E-state index contributed by atoms with van der Waals surface area (Å²) in [6.07, 6.45) is 6.45. The monoisotopic (exact) mass is 211 g/mol. The van der Waals surface area contributed by atoms with Crippen LogP contribution in [0, 0.1) is 5.92 Å². The highest BCUT2D eigenvalue weighted by molar-refractivity contribution is 5.18. The molecule has 0 saturated heterocycles. The first-order valence-electron chi connectivity index (χ1n) is 6.06. The molecule has 0 aromatic rings. The van der Waals surface area contributed by atoms with Crippen LogP contribution in [0.25, 0.3) is 0 Å². The molecule has 0 aliphatic rings. The molecular weight excluding hydrogens is 182 g/mol. The second kappa shape index (κ2) is 11.5. The fourth-order valence-electron chi connectivity index (χ4n) is 1.45. The van der Waals surface area contributed by atoms with Gasteiger partial charge in [-0.3, -0.25) is 0 Å². The van der Waals surface area contributed by atoms with Crippen molar-refractivity contribution in [2.24, 2.45) is 5.92 Å². The molecule has 1 nitrogen and oxygen atoms in total. The Morgan fingerprint density at radius 1 is 1.20 bits per heavy atom. The maximum atomic E-state index is 2.36. The van der Waals surface area contributed by atoms with Crippen LogP contribution in [0.1, 0.15) is 41.5 Å². The summed E-state index contributed by atoms with van der Waals surface area (Å²) in [6, 6.07) is 0. The Bertz CT molecular complexity index is 178. The van der Waals surface area contributed by atoms with Crippen LogP contribution in [0.5, 0.6) is 0 Å². The molecule has 15 heavy (non-hydrogen) atoms. The van der Waals surface area contributed by atoms with Crippen LogP contribution in [0.4, 0.5) is 0 Å². The van der Waals surface area contributed by atoms with Crippen molar-refractivity contribution in [2.75, 3.05) is 20.1 Å². The van der Waals surface area contributed by atoms with E-state index in [-0.39, 0.29) is 0 Å². The zero-order valence-corrected chi connectivity index (χ0v) is 11.7. The molecule has 0 aromatic carbocycles. The molecular formula is C14H29N. The fourth-order valence-corrected chi connectivity index (χ4v) is 1.45. The van der Waals surface area contributed by atoms with Crippen LogP contribution in [-0.2, 0) is 0 Å². The summed E-state index contributed by atoms with van der Waals surface area (Å²) in [7, 11) is 2.17. The Labute approximate surface area is 96.9 Å². The molecule has 0 radical (unpaired) electrons. The van der Waals surface area contributed by atoms with Gasteiger partial charge in [0, 0.05) is 13.1 Å². The molecule has 0 aromatic heterocycles. The lowest BCUT2D eigenvalue weighted by molar-refractivity contribution is 0.319. The quantitative estimate of drug-likeness (QED) is 0.618. The first kappa shape index (κ1) is 16.9. The first-order valence-corrected chi connectivity index (χ1v) is 6.06. The smallest absolute Gasteiger partial charge is 0.0227 e. The number of rotatable bonds is 5. The standard InChI is InChI=1S/C12H23N.C2H6/c1-6-8-12(7-2)10-13(5)9-11(3)4;1-2/h6-8,11H,9-10H2,1-5H3;1-2H3/b8-6-,12-7+;. The number of hydrogen-bond donors (Lipinski definition) is 0. The predicted molar refractivity (Wildman–Crippen MR) is 72.3 cm³/mol. The molecule has 0 aliphatic heterocycles. The van der Waals surface area contributed by atoms with Crippen molar-refractivity contribution in [2.45, 2.75) is 41.5 Å². The van der Waals surface area contributed by atoms with Gasteiger partial charge >= 0.3 is 0 Å². The van der Waals surface area contributed by atoms with E-state index in [9.17, 15) is 0 Å². The van der Waals surface area contributed by atoms with Gasteiger partial charge in [0.1, 0.15) is 0 Å². The van der Waals surface area contributed by atoms with Gasteiger partial charge in [0.05, 0.1) is 0 Å². The van der Waals surface area contributed by atoms with Crippen LogP contribution >= 0.6 is 0 Å². The van der Waals surface area contributed by atoms with Gasteiger partial charge in [0.25, 0.3) is 0 Å². The van der Waals surface area contributed by atoms with E-state index in [2.05, 4.69) is 57.9 Å². The van der Waals surface area contributed by atoms with E-state index in [1.54, 1.807) is 0 Å². The zero-order valence-electron chi connectivity index (χ0n) is 11.7. The molecule has 0 saturated carbocycles. The minimum Gasteiger partial charge on any atom is -0.302 e. The summed E-state index contributed by atoms with van der Waals surface area (Å²) in [5.74, 6) is 0.744. The Hall–Kier alpha value is -0.560. The molecule has 90 valence electrons. The fraction of sp³-hybridized carbons (Fsp3) is 0.714. The van der Waals surface area contributed by atoms with Crippen LogP contribution in [0.2, 0.25) is 0 Å². The SMILES string of the molecule is C/C=C\C(=C/C)CN(C)CC(C)C.CC. The predicted octanol–water partition coefficient (Wildman–Crippen LogP) is 4.12. The maximum Gasteiger partial charge on any atom is 0.0227 e. The molecule has 0 fully saturated rings. The van der Waals surface area contributed by atoms with Gasteiger partial charge in [-0.2, -0.15) is 0 Å². The molecule has 0 rings (SSSR count). The van der Waals surface area contributed by atoms with Gasteiger partial charge in [0.2, 0.25) is 0 Å². The van der Waals surface area contributed by atoms with E-state index in [1.807, 2.05) is 13.8 Å². The second-order valence-corrected chi connectivity index (χ2v) is 3.95. The topological polar surface area (TPSA) is 3.24 Å². The lowest BCUT2D eigenvalue weighted by Crippen LogP contribution is -2.25. The van der Waals surface area contributed by atoms with E-state index in [0.717, 1.165) is 19.0 Å². The highest BCUT2D eigenvalue weighted by Crippen LogP contribution is 2.02. The van der Waals surface area contributed by atoms with Crippen molar-refractivity contribution in [1.82, 2.24) is 4.90 Å². The minimum absolute atomic E-state index is 0.744. The van der Waals surface area contributed by atoms with Gasteiger partial charge < -0.3 is 4.90 Å². The third-order valence-electron chi connectivity index (χ3n) is 1.88. The summed E-state index contributed by atoms with van der Waals surface area (Å²) in [4.78, 5) is 2.36. The second-order valence-electron chi connectivity index (χ2n) is 3.95. The van der Waals surface area contributed by atoms with E-state index in [0.29, 0.717) is 0 Å². The first-order chi connectivity index (χ1) is 7.10. The summed E-state index contributed by atoms with van der Waals surface area (Å²) in [5.41, 5.74) is 1.39. The van der Waals surface area contributed by atoms with Crippen molar-refractivity contribution in [3.63, 3.8) is 0 Å². The third-order valence-corrected chi connectivity index (χ3v) is 1.88. The van der Waals surface area contributed by atoms with Crippen molar-refractivity contribution >= 4 is 0 Å².